The van der Waals surface area contributed by atoms with Gasteiger partial charge in [-0.2, -0.15) is 0 Å². The smallest absolute Gasteiger partial charge is 0.303 e. The van der Waals surface area contributed by atoms with Gasteiger partial charge >= 0.3 is 5.97 Å². The van der Waals surface area contributed by atoms with E-state index in [0.29, 0.717) is 0 Å². The molecule has 0 saturated carbocycles. The molecule has 0 fully saturated rings. The number of rotatable bonds is 5. The average Bonchev–Trinajstić information content (AvgIpc) is 2.27. The lowest BCUT2D eigenvalue weighted by molar-refractivity contribution is -0.144. The molecule has 0 aliphatic rings. The molecule has 1 aromatic carbocycles. The van der Waals surface area contributed by atoms with Crippen LogP contribution in [0.5, 0.6) is 0 Å². The van der Waals surface area contributed by atoms with E-state index in [9.17, 15) is 4.79 Å². The topological polar surface area (TPSA) is 26.3 Å². The van der Waals surface area contributed by atoms with Crippen LogP contribution >= 0.6 is 0 Å². The summed E-state index contributed by atoms with van der Waals surface area (Å²) in [6.45, 7) is 3.37. The average molecular weight is 218 g/mol. The van der Waals surface area contributed by atoms with Crippen molar-refractivity contribution in [2.45, 2.75) is 32.8 Å². The summed E-state index contributed by atoms with van der Waals surface area (Å²) in [5.41, 5.74) is 1.27. The molecule has 0 saturated heterocycles. The molecule has 1 rings (SSSR count). The molecule has 86 valence electrons. The summed E-state index contributed by atoms with van der Waals surface area (Å²) in [6, 6.07) is 10.2. The van der Waals surface area contributed by atoms with Gasteiger partial charge in [-0.1, -0.05) is 36.4 Å². The third-order valence-corrected chi connectivity index (χ3v) is 2.28. The van der Waals surface area contributed by atoms with Gasteiger partial charge in [-0.25, -0.2) is 0 Å². The summed E-state index contributed by atoms with van der Waals surface area (Å²) in [4.78, 5) is 10.9. The zero-order valence-electron chi connectivity index (χ0n) is 9.85. The number of allylic oxidation sites excluding steroid dienone is 1. The highest BCUT2D eigenvalue weighted by Gasteiger charge is 2.07. The van der Waals surface area contributed by atoms with E-state index in [1.165, 1.54) is 12.5 Å². The second-order valence-corrected chi connectivity index (χ2v) is 3.70. The van der Waals surface area contributed by atoms with Crippen molar-refractivity contribution in [3.8, 4) is 0 Å². The molecule has 2 nitrogen and oxygen atoms in total. The summed E-state index contributed by atoms with van der Waals surface area (Å²) in [5.74, 6) is -0.226. The quantitative estimate of drug-likeness (QED) is 0.560. The lowest BCUT2D eigenvalue weighted by Crippen LogP contribution is -2.14. The number of hydrogen-bond acceptors (Lipinski definition) is 2. The van der Waals surface area contributed by atoms with Crippen LogP contribution in [0, 0.1) is 0 Å². The Labute approximate surface area is 96.9 Å². The van der Waals surface area contributed by atoms with Gasteiger partial charge in [0.2, 0.25) is 0 Å². The number of benzene rings is 1. The van der Waals surface area contributed by atoms with Crippen molar-refractivity contribution in [2.75, 3.05) is 0 Å². The van der Waals surface area contributed by atoms with Crippen LogP contribution in [0.2, 0.25) is 0 Å². The van der Waals surface area contributed by atoms with E-state index >= 15 is 0 Å². The first-order valence-electron chi connectivity index (χ1n) is 5.56. The van der Waals surface area contributed by atoms with E-state index in [1.807, 2.05) is 37.3 Å². The van der Waals surface area contributed by atoms with Crippen LogP contribution in [0.1, 0.15) is 25.8 Å². The summed E-state index contributed by atoms with van der Waals surface area (Å²) in [5, 5.41) is 0. The summed E-state index contributed by atoms with van der Waals surface area (Å²) in [6.07, 6.45) is 5.47. The fourth-order valence-electron chi connectivity index (χ4n) is 1.58. The van der Waals surface area contributed by atoms with E-state index < -0.39 is 0 Å². The molecular weight excluding hydrogens is 200 g/mol. The van der Waals surface area contributed by atoms with Crippen molar-refractivity contribution in [3.63, 3.8) is 0 Å². The Balaban J connectivity index is 2.47. The summed E-state index contributed by atoms with van der Waals surface area (Å²) < 4.78 is 5.19. The Hall–Kier alpha value is -1.57. The molecule has 0 amide bonds. The van der Waals surface area contributed by atoms with Crippen LogP contribution in [0.4, 0.5) is 0 Å². The van der Waals surface area contributed by atoms with Gasteiger partial charge in [-0.15, -0.1) is 0 Å². The number of carbonyl (C=O) groups is 1. The van der Waals surface area contributed by atoms with Crippen molar-refractivity contribution in [1.29, 1.82) is 0 Å². The molecule has 0 N–H and O–H groups in total. The minimum atomic E-state index is -0.226. The minimum absolute atomic E-state index is 0.109. The molecule has 0 aromatic heterocycles. The fraction of sp³-hybridized carbons (Fsp3) is 0.357. The molecule has 2 heteroatoms. The highest BCUT2D eigenvalue weighted by atomic mass is 16.5. The largest absolute Gasteiger partial charge is 0.458 e. The molecule has 1 aromatic rings. The van der Waals surface area contributed by atoms with Gasteiger partial charge in [0.15, 0.2) is 0 Å². The maximum Gasteiger partial charge on any atom is 0.303 e. The molecule has 0 heterocycles. The number of ether oxygens (including phenoxy) is 1. The minimum Gasteiger partial charge on any atom is -0.458 e. The number of esters is 1. The third kappa shape index (κ3) is 4.78. The van der Waals surface area contributed by atoms with E-state index in [4.69, 9.17) is 4.74 Å². The first-order chi connectivity index (χ1) is 7.72. The molecule has 0 bridgehead atoms. The van der Waals surface area contributed by atoms with Crippen molar-refractivity contribution in [3.05, 3.63) is 48.0 Å². The fourth-order valence-corrected chi connectivity index (χ4v) is 1.58. The molecule has 0 radical (unpaired) electrons. The highest BCUT2D eigenvalue weighted by Crippen LogP contribution is 2.08. The molecule has 16 heavy (non-hydrogen) atoms. The van der Waals surface area contributed by atoms with Gasteiger partial charge in [-0.3, -0.25) is 4.79 Å². The van der Waals surface area contributed by atoms with Crippen LogP contribution in [0.3, 0.4) is 0 Å². The normalized spacial score (nSPS) is 12.6. The van der Waals surface area contributed by atoms with Gasteiger partial charge in [0.05, 0.1) is 0 Å². The molecule has 1 atom stereocenters. The van der Waals surface area contributed by atoms with Gasteiger partial charge in [0.1, 0.15) is 6.10 Å². The monoisotopic (exact) mass is 218 g/mol. The second kappa shape index (κ2) is 6.83. The van der Waals surface area contributed by atoms with Crippen LogP contribution in [-0.4, -0.2) is 12.1 Å². The molecule has 1 unspecified atom stereocenters. The Bertz CT molecular complexity index is 341. The van der Waals surface area contributed by atoms with E-state index in [2.05, 4.69) is 12.1 Å². The molecule has 0 spiro atoms. The van der Waals surface area contributed by atoms with Gasteiger partial charge in [0.25, 0.3) is 0 Å². The van der Waals surface area contributed by atoms with Crippen molar-refractivity contribution in [1.82, 2.24) is 0 Å². The maximum absolute atomic E-state index is 10.9. The first-order valence-corrected chi connectivity index (χ1v) is 5.56. The summed E-state index contributed by atoms with van der Waals surface area (Å²) in [7, 11) is 0. The van der Waals surface area contributed by atoms with Crippen molar-refractivity contribution < 1.29 is 9.53 Å². The van der Waals surface area contributed by atoms with E-state index in [-0.39, 0.29) is 12.1 Å². The van der Waals surface area contributed by atoms with E-state index in [0.717, 1.165) is 12.8 Å². The molecule has 0 aliphatic heterocycles. The highest BCUT2D eigenvalue weighted by molar-refractivity contribution is 5.66. The van der Waals surface area contributed by atoms with E-state index in [1.54, 1.807) is 0 Å². The SMILES string of the molecule is C/C=C\C(CCc1ccccc1)OC(C)=O. The van der Waals surface area contributed by atoms with Gasteiger partial charge in [0, 0.05) is 6.92 Å². The lowest BCUT2D eigenvalue weighted by atomic mass is 10.1. The predicted octanol–water partition coefficient (Wildman–Crippen LogP) is 3.13. The Morgan fingerprint density at radius 2 is 2.06 bits per heavy atom. The lowest BCUT2D eigenvalue weighted by Gasteiger charge is -2.12. The number of aryl methyl sites for hydroxylation is 1. The number of hydrogen-bond donors (Lipinski definition) is 0. The van der Waals surface area contributed by atoms with Gasteiger partial charge in [-0.05, 0) is 31.4 Å². The van der Waals surface area contributed by atoms with Crippen LogP contribution in [0.25, 0.3) is 0 Å². The Morgan fingerprint density at radius 1 is 1.38 bits per heavy atom. The Morgan fingerprint density at radius 3 is 2.62 bits per heavy atom. The van der Waals surface area contributed by atoms with Crippen LogP contribution < -0.4 is 0 Å². The van der Waals surface area contributed by atoms with Crippen LogP contribution in [0.15, 0.2) is 42.5 Å². The van der Waals surface area contributed by atoms with Crippen molar-refractivity contribution in [2.24, 2.45) is 0 Å². The van der Waals surface area contributed by atoms with Crippen LogP contribution in [-0.2, 0) is 16.0 Å². The zero-order valence-corrected chi connectivity index (χ0v) is 9.85. The zero-order chi connectivity index (χ0) is 11.8. The predicted molar refractivity (Wildman–Crippen MR) is 65.1 cm³/mol. The number of carbonyl (C=O) groups excluding carboxylic acids is 1. The summed E-state index contributed by atoms with van der Waals surface area (Å²) >= 11 is 0. The van der Waals surface area contributed by atoms with Gasteiger partial charge < -0.3 is 4.74 Å². The van der Waals surface area contributed by atoms with Crippen molar-refractivity contribution >= 4 is 5.97 Å². The molecule has 0 aliphatic carbocycles. The second-order valence-electron chi connectivity index (χ2n) is 3.70. The molecular formula is C14H18O2. The maximum atomic E-state index is 10.9. The Kier molecular flexibility index (Phi) is 5.34. The third-order valence-electron chi connectivity index (χ3n) is 2.28. The standard InChI is InChI=1S/C14H18O2/c1-3-7-14(16-12(2)15)11-10-13-8-5-4-6-9-13/h3-9,14H,10-11H2,1-2H3/b7-3-. The first kappa shape index (κ1) is 12.5.